The minimum atomic E-state index is 0.176. The van der Waals surface area contributed by atoms with Crippen LogP contribution in [0.1, 0.15) is 13.3 Å². The van der Waals surface area contributed by atoms with E-state index in [-0.39, 0.29) is 6.54 Å². The van der Waals surface area contributed by atoms with E-state index in [2.05, 4.69) is 18.8 Å². The third kappa shape index (κ3) is 7.48. The fourth-order valence-corrected chi connectivity index (χ4v) is 0.381. The van der Waals surface area contributed by atoms with Crippen molar-refractivity contribution in [2.45, 2.75) is 13.3 Å². The fraction of sp³-hybridized carbons (Fsp3) is 0.714. The Bertz CT molecular complexity index is 101. The lowest BCUT2D eigenvalue weighted by Gasteiger charge is -1.92. The van der Waals surface area contributed by atoms with Crippen LogP contribution < -0.4 is 5.73 Å². The smallest absolute Gasteiger partial charge is 0.107 e. The Hall–Kier alpha value is -0.520. The Morgan fingerprint density at radius 3 is 2.78 bits per heavy atom. The minimum Gasteiger partial charge on any atom is -0.369 e. The second kappa shape index (κ2) is 7.48. The molecular formula is C7H12NO. The summed E-state index contributed by atoms with van der Waals surface area (Å²) in [5.74, 6) is 5.31. The monoisotopic (exact) mass is 126 g/mol. The normalized spacial score (nSPS) is 8.22. The van der Waals surface area contributed by atoms with Crippen molar-refractivity contribution >= 4 is 0 Å². The van der Waals surface area contributed by atoms with Crippen molar-refractivity contribution < 1.29 is 4.74 Å². The molecule has 0 fully saturated rings. The number of ether oxygens (including phenoxy) is 1. The maximum Gasteiger partial charge on any atom is 0.107 e. The zero-order chi connectivity index (χ0) is 6.95. The molecule has 1 radical (unpaired) electrons. The van der Waals surface area contributed by atoms with E-state index in [1.54, 1.807) is 0 Å². The predicted octanol–water partition coefficient (Wildman–Crippen LogP) is 0.699. The molecule has 0 saturated carbocycles. The van der Waals surface area contributed by atoms with E-state index in [1.807, 2.05) is 0 Å². The van der Waals surface area contributed by atoms with Gasteiger partial charge >= 0.3 is 0 Å². The maximum atomic E-state index is 6.65. The van der Waals surface area contributed by atoms with Crippen LogP contribution in [0.2, 0.25) is 0 Å². The van der Waals surface area contributed by atoms with Crippen LogP contribution in [-0.2, 0) is 4.74 Å². The molecule has 0 heterocycles. The van der Waals surface area contributed by atoms with Crippen LogP contribution in [0.15, 0.2) is 0 Å². The molecule has 0 aromatic heterocycles. The zero-order valence-corrected chi connectivity index (χ0v) is 5.74. The molecule has 0 rings (SSSR count). The van der Waals surface area contributed by atoms with Gasteiger partial charge in [0.1, 0.15) is 6.61 Å². The van der Waals surface area contributed by atoms with Crippen LogP contribution in [0.5, 0.6) is 0 Å². The van der Waals surface area contributed by atoms with E-state index in [0.29, 0.717) is 6.61 Å². The Morgan fingerprint density at radius 2 is 2.22 bits per heavy atom. The van der Waals surface area contributed by atoms with Crippen molar-refractivity contribution in [2.75, 3.05) is 19.8 Å². The molecule has 0 aliphatic heterocycles. The SMILES string of the molecule is CCCOCC#CC[NH]. The molecule has 2 nitrogen and oxygen atoms in total. The lowest BCUT2D eigenvalue weighted by molar-refractivity contribution is 0.168. The number of rotatable bonds is 3. The van der Waals surface area contributed by atoms with Gasteiger partial charge in [0.05, 0.1) is 6.54 Å². The number of hydrogen-bond acceptors (Lipinski definition) is 1. The van der Waals surface area contributed by atoms with E-state index in [1.165, 1.54) is 0 Å². The maximum absolute atomic E-state index is 6.65. The van der Waals surface area contributed by atoms with E-state index >= 15 is 0 Å². The summed E-state index contributed by atoms with van der Waals surface area (Å²) in [6.45, 7) is 3.48. The van der Waals surface area contributed by atoms with Gasteiger partial charge in [0.2, 0.25) is 0 Å². The molecule has 1 N–H and O–H groups in total. The van der Waals surface area contributed by atoms with Crippen LogP contribution in [0.4, 0.5) is 0 Å². The molecule has 0 spiro atoms. The summed E-state index contributed by atoms with van der Waals surface area (Å²) in [6, 6.07) is 0. The van der Waals surface area contributed by atoms with Gasteiger partial charge in [-0.1, -0.05) is 18.8 Å². The number of hydrogen-bond donors (Lipinski definition) is 0. The topological polar surface area (TPSA) is 33.0 Å². The first kappa shape index (κ1) is 8.48. The third-order valence-electron chi connectivity index (χ3n) is 0.736. The van der Waals surface area contributed by atoms with Crippen molar-refractivity contribution in [1.82, 2.24) is 5.73 Å². The first-order chi connectivity index (χ1) is 4.41. The molecule has 0 aromatic carbocycles. The van der Waals surface area contributed by atoms with E-state index in [4.69, 9.17) is 10.5 Å². The Labute approximate surface area is 56.4 Å². The minimum absolute atomic E-state index is 0.176. The summed E-state index contributed by atoms with van der Waals surface area (Å²) < 4.78 is 5.03. The average molecular weight is 126 g/mol. The molecule has 0 aliphatic rings. The molecule has 0 atom stereocenters. The van der Waals surface area contributed by atoms with Gasteiger partial charge < -0.3 is 4.74 Å². The molecule has 0 unspecified atom stereocenters. The van der Waals surface area contributed by atoms with Crippen molar-refractivity contribution in [3.05, 3.63) is 0 Å². The largest absolute Gasteiger partial charge is 0.369 e. The summed E-state index contributed by atoms with van der Waals surface area (Å²) in [7, 11) is 0. The van der Waals surface area contributed by atoms with Crippen LogP contribution >= 0.6 is 0 Å². The van der Waals surface area contributed by atoms with E-state index in [0.717, 1.165) is 13.0 Å². The Morgan fingerprint density at radius 1 is 1.44 bits per heavy atom. The van der Waals surface area contributed by atoms with Crippen molar-refractivity contribution in [3.8, 4) is 11.8 Å². The highest BCUT2D eigenvalue weighted by molar-refractivity contribution is 4.99. The first-order valence-corrected chi connectivity index (χ1v) is 3.10. The molecule has 2 heteroatoms. The molecule has 0 aliphatic carbocycles. The summed E-state index contributed by atoms with van der Waals surface area (Å²) in [5.41, 5.74) is 6.65. The summed E-state index contributed by atoms with van der Waals surface area (Å²) in [4.78, 5) is 0. The summed E-state index contributed by atoms with van der Waals surface area (Å²) in [5, 5.41) is 0. The van der Waals surface area contributed by atoms with E-state index < -0.39 is 0 Å². The van der Waals surface area contributed by atoms with Gasteiger partial charge in [-0.3, -0.25) is 0 Å². The van der Waals surface area contributed by atoms with Crippen molar-refractivity contribution in [1.29, 1.82) is 0 Å². The Kier molecular flexibility index (Phi) is 7.05. The summed E-state index contributed by atoms with van der Waals surface area (Å²) in [6.07, 6.45) is 1.03. The third-order valence-corrected chi connectivity index (χ3v) is 0.736. The second-order valence-corrected chi connectivity index (χ2v) is 1.58. The van der Waals surface area contributed by atoms with E-state index in [9.17, 15) is 0 Å². The van der Waals surface area contributed by atoms with Gasteiger partial charge in [0, 0.05) is 6.61 Å². The molecule has 0 saturated heterocycles. The highest BCUT2D eigenvalue weighted by Gasteiger charge is 1.76. The fourth-order valence-electron chi connectivity index (χ4n) is 0.381. The van der Waals surface area contributed by atoms with Gasteiger partial charge in [-0.2, -0.15) is 0 Å². The number of nitrogens with one attached hydrogen (secondary N) is 1. The van der Waals surface area contributed by atoms with Gasteiger partial charge in [-0.15, -0.1) is 0 Å². The molecule has 0 bridgehead atoms. The first-order valence-electron chi connectivity index (χ1n) is 3.10. The molecule has 0 aromatic rings. The standard InChI is InChI=1S/C7H12NO/c1-2-6-9-7-4-3-5-8/h8H,2,5-7H2,1H3. The highest BCUT2D eigenvalue weighted by atomic mass is 16.5. The van der Waals surface area contributed by atoms with Crippen molar-refractivity contribution in [2.24, 2.45) is 0 Å². The average Bonchev–Trinajstić information content (AvgIpc) is 1.89. The molecular weight excluding hydrogens is 114 g/mol. The van der Waals surface area contributed by atoms with Crippen LogP contribution in [-0.4, -0.2) is 19.8 Å². The summed E-state index contributed by atoms with van der Waals surface area (Å²) >= 11 is 0. The predicted molar refractivity (Wildman–Crippen MR) is 36.8 cm³/mol. The van der Waals surface area contributed by atoms with Gasteiger partial charge in [-0.05, 0) is 6.42 Å². The molecule has 0 amide bonds. The van der Waals surface area contributed by atoms with Crippen LogP contribution in [0.25, 0.3) is 0 Å². The Balaban J connectivity index is 2.90. The second-order valence-electron chi connectivity index (χ2n) is 1.58. The highest BCUT2D eigenvalue weighted by Crippen LogP contribution is 1.76. The quantitative estimate of drug-likeness (QED) is 0.404. The van der Waals surface area contributed by atoms with Crippen molar-refractivity contribution in [3.63, 3.8) is 0 Å². The van der Waals surface area contributed by atoms with Crippen LogP contribution in [0.3, 0.4) is 0 Å². The molecule has 9 heavy (non-hydrogen) atoms. The van der Waals surface area contributed by atoms with Gasteiger partial charge in [0.15, 0.2) is 0 Å². The molecule has 51 valence electrons. The lowest BCUT2D eigenvalue weighted by atomic mass is 10.5. The van der Waals surface area contributed by atoms with Gasteiger partial charge in [-0.25, -0.2) is 5.73 Å². The zero-order valence-electron chi connectivity index (χ0n) is 5.74. The van der Waals surface area contributed by atoms with Crippen LogP contribution in [0, 0.1) is 11.8 Å². The lowest BCUT2D eigenvalue weighted by Crippen LogP contribution is -1.92. The van der Waals surface area contributed by atoms with Gasteiger partial charge in [0.25, 0.3) is 0 Å².